The summed E-state index contributed by atoms with van der Waals surface area (Å²) in [6, 6.07) is 4.13. The first-order valence-corrected chi connectivity index (χ1v) is 8.48. The molecule has 0 saturated carbocycles. The second kappa shape index (κ2) is 6.64. The molecule has 0 aliphatic rings. The smallest absolute Gasteiger partial charge is 0.134 e. The van der Waals surface area contributed by atoms with Gasteiger partial charge in [-0.1, -0.05) is 13.0 Å². The minimum absolute atomic E-state index is 0.0675. The third-order valence-electron chi connectivity index (χ3n) is 3.01. The summed E-state index contributed by atoms with van der Waals surface area (Å²) < 4.78 is 30.3. The molecule has 1 heterocycles. The molecule has 20 heavy (non-hydrogen) atoms. The molecule has 108 valence electrons. The van der Waals surface area contributed by atoms with Crippen LogP contribution in [0.1, 0.15) is 29.7 Å². The summed E-state index contributed by atoms with van der Waals surface area (Å²) in [6.07, 6.45) is 0. The van der Waals surface area contributed by atoms with E-state index in [0.29, 0.717) is 12.1 Å². The van der Waals surface area contributed by atoms with Crippen molar-refractivity contribution in [3.8, 4) is 0 Å². The highest BCUT2D eigenvalue weighted by atomic mass is 79.9. The van der Waals surface area contributed by atoms with Crippen molar-refractivity contribution >= 4 is 43.2 Å². The van der Waals surface area contributed by atoms with Crippen LogP contribution in [0.3, 0.4) is 0 Å². The molecule has 6 heteroatoms. The van der Waals surface area contributed by atoms with Crippen LogP contribution in [0.25, 0.3) is 0 Å². The molecular weight excluding hydrogens is 412 g/mol. The molecule has 0 saturated heterocycles. The van der Waals surface area contributed by atoms with Gasteiger partial charge in [-0.05, 0) is 68.6 Å². The predicted octanol–water partition coefficient (Wildman–Crippen LogP) is 5.56. The van der Waals surface area contributed by atoms with E-state index in [-0.39, 0.29) is 5.56 Å². The van der Waals surface area contributed by atoms with Crippen LogP contribution in [-0.4, -0.2) is 6.54 Å². The van der Waals surface area contributed by atoms with Gasteiger partial charge in [0.2, 0.25) is 0 Å². The van der Waals surface area contributed by atoms with E-state index in [0.717, 1.165) is 13.1 Å². The van der Waals surface area contributed by atoms with Crippen LogP contribution in [-0.2, 0) is 0 Å². The SMILES string of the molecule is CCNC(c1cc(Br)sc1Br)c1c(F)ccc(C)c1F. The lowest BCUT2D eigenvalue weighted by Gasteiger charge is -2.20. The molecule has 0 radical (unpaired) electrons. The number of nitrogens with one attached hydrogen (secondary N) is 1. The summed E-state index contributed by atoms with van der Waals surface area (Å²) in [6.45, 7) is 4.16. The topological polar surface area (TPSA) is 12.0 Å². The zero-order valence-electron chi connectivity index (χ0n) is 10.9. The molecule has 2 rings (SSSR count). The number of thiophene rings is 1. The molecule has 1 aromatic carbocycles. The predicted molar refractivity (Wildman–Crippen MR) is 86.3 cm³/mol. The van der Waals surface area contributed by atoms with Gasteiger partial charge in [-0.2, -0.15) is 0 Å². The lowest BCUT2D eigenvalue weighted by molar-refractivity contribution is 0.506. The van der Waals surface area contributed by atoms with Crippen LogP contribution in [0, 0.1) is 18.6 Å². The molecule has 0 bridgehead atoms. The van der Waals surface area contributed by atoms with E-state index in [1.54, 1.807) is 6.92 Å². The standard InChI is InChI=1S/C14H13Br2F2NS/c1-3-19-13(8-6-10(15)20-14(8)16)11-9(17)5-4-7(2)12(11)18/h4-6,13,19H,3H2,1-2H3. The van der Waals surface area contributed by atoms with Crippen molar-refractivity contribution < 1.29 is 8.78 Å². The normalized spacial score (nSPS) is 12.7. The van der Waals surface area contributed by atoms with Crippen LogP contribution >= 0.6 is 43.2 Å². The fourth-order valence-corrected chi connectivity index (χ4v) is 4.97. The molecule has 0 spiro atoms. The van der Waals surface area contributed by atoms with Gasteiger partial charge in [0.05, 0.1) is 13.6 Å². The highest BCUT2D eigenvalue weighted by Crippen LogP contribution is 2.39. The van der Waals surface area contributed by atoms with Gasteiger partial charge in [0, 0.05) is 5.56 Å². The maximum absolute atomic E-state index is 14.4. The van der Waals surface area contributed by atoms with Crippen LogP contribution in [0.15, 0.2) is 25.8 Å². The minimum Gasteiger partial charge on any atom is -0.306 e. The van der Waals surface area contributed by atoms with Crippen LogP contribution in [0.4, 0.5) is 8.78 Å². The average molecular weight is 425 g/mol. The number of hydrogen-bond donors (Lipinski definition) is 1. The maximum atomic E-state index is 14.4. The number of hydrogen-bond acceptors (Lipinski definition) is 2. The molecule has 1 aromatic heterocycles. The molecule has 2 aromatic rings. The average Bonchev–Trinajstić information content (AvgIpc) is 2.72. The van der Waals surface area contributed by atoms with E-state index in [1.165, 1.54) is 23.5 Å². The third-order valence-corrected chi connectivity index (χ3v) is 5.40. The molecule has 1 atom stereocenters. The molecule has 0 fully saturated rings. The second-order valence-corrected chi connectivity index (χ2v) is 8.11. The third kappa shape index (κ3) is 3.13. The Kier molecular flexibility index (Phi) is 5.34. The van der Waals surface area contributed by atoms with Crippen LogP contribution < -0.4 is 5.32 Å². The zero-order valence-corrected chi connectivity index (χ0v) is 14.9. The van der Waals surface area contributed by atoms with Crippen molar-refractivity contribution in [2.75, 3.05) is 6.54 Å². The molecule has 0 aliphatic carbocycles. The Morgan fingerprint density at radius 1 is 1.30 bits per heavy atom. The first-order valence-electron chi connectivity index (χ1n) is 6.08. The first kappa shape index (κ1) is 16.1. The molecule has 0 amide bonds. The molecule has 1 nitrogen and oxygen atoms in total. The van der Waals surface area contributed by atoms with Crippen LogP contribution in [0.5, 0.6) is 0 Å². The van der Waals surface area contributed by atoms with Gasteiger partial charge in [0.25, 0.3) is 0 Å². The highest BCUT2D eigenvalue weighted by molar-refractivity contribution is 9.12. The summed E-state index contributed by atoms with van der Waals surface area (Å²) in [7, 11) is 0. The van der Waals surface area contributed by atoms with E-state index >= 15 is 0 Å². The van der Waals surface area contributed by atoms with E-state index in [1.807, 2.05) is 13.0 Å². The highest BCUT2D eigenvalue weighted by Gasteiger charge is 2.25. The van der Waals surface area contributed by atoms with Gasteiger partial charge >= 0.3 is 0 Å². The van der Waals surface area contributed by atoms with Gasteiger partial charge in [-0.25, -0.2) is 8.78 Å². The quantitative estimate of drug-likeness (QED) is 0.677. The van der Waals surface area contributed by atoms with Crippen molar-refractivity contribution in [2.45, 2.75) is 19.9 Å². The molecular formula is C14H13Br2F2NS. The van der Waals surface area contributed by atoms with Gasteiger partial charge in [0.15, 0.2) is 0 Å². The van der Waals surface area contributed by atoms with Crippen molar-refractivity contribution in [1.82, 2.24) is 5.32 Å². The number of rotatable bonds is 4. The maximum Gasteiger partial charge on any atom is 0.134 e. The summed E-state index contributed by atoms with van der Waals surface area (Å²) >= 11 is 8.34. The first-order chi connectivity index (χ1) is 9.45. The van der Waals surface area contributed by atoms with Crippen molar-refractivity contribution in [1.29, 1.82) is 0 Å². The van der Waals surface area contributed by atoms with Crippen molar-refractivity contribution in [3.63, 3.8) is 0 Å². The largest absolute Gasteiger partial charge is 0.306 e. The minimum atomic E-state index is -0.534. The summed E-state index contributed by atoms with van der Waals surface area (Å²) in [5, 5.41) is 3.15. The number of halogens is 4. The zero-order chi connectivity index (χ0) is 14.9. The fraction of sp³-hybridized carbons (Fsp3) is 0.286. The van der Waals surface area contributed by atoms with Crippen LogP contribution in [0.2, 0.25) is 0 Å². The molecule has 1 N–H and O–H groups in total. The summed E-state index contributed by atoms with van der Waals surface area (Å²) in [5.41, 5.74) is 1.33. The Morgan fingerprint density at radius 2 is 2.00 bits per heavy atom. The van der Waals surface area contributed by atoms with Gasteiger partial charge in [0.1, 0.15) is 11.6 Å². The number of aryl methyl sites for hydroxylation is 1. The van der Waals surface area contributed by atoms with E-state index in [9.17, 15) is 8.78 Å². The molecule has 1 unspecified atom stereocenters. The van der Waals surface area contributed by atoms with E-state index < -0.39 is 17.7 Å². The van der Waals surface area contributed by atoms with E-state index in [2.05, 4.69) is 37.2 Å². The van der Waals surface area contributed by atoms with Crippen molar-refractivity contribution in [3.05, 3.63) is 54.1 Å². The van der Waals surface area contributed by atoms with Gasteiger partial charge < -0.3 is 5.32 Å². The summed E-state index contributed by atoms with van der Waals surface area (Å²) in [4.78, 5) is 0. The lowest BCUT2D eigenvalue weighted by Crippen LogP contribution is -2.24. The summed E-state index contributed by atoms with van der Waals surface area (Å²) in [5.74, 6) is -1.03. The fourth-order valence-electron chi connectivity index (χ4n) is 2.06. The Morgan fingerprint density at radius 3 is 2.55 bits per heavy atom. The Hall–Kier alpha value is -0.300. The van der Waals surface area contributed by atoms with Crippen molar-refractivity contribution in [2.24, 2.45) is 0 Å². The molecule has 0 aliphatic heterocycles. The number of benzene rings is 1. The Labute approximate surface area is 137 Å². The van der Waals surface area contributed by atoms with Gasteiger partial charge in [-0.15, -0.1) is 11.3 Å². The Bertz CT molecular complexity index is 628. The monoisotopic (exact) mass is 423 g/mol. The lowest BCUT2D eigenvalue weighted by atomic mass is 9.98. The van der Waals surface area contributed by atoms with Gasteiger partial charge in [-0.3, -0.25) is 0 Å². The van der Waals surface area contributed by atoms with E-state index in [4.69, 9.17) is 0 Å². The second-order valence-electron chi connectivity index (χ2n) is 4.36. The Balaban J connectivity index is 2.60.